The zero-order valence-corrected chi connectivity index (χ0v) is 15.7. The molecular formula is C18H19ClF3N3O2. The summed E-state index contributed by atoms with van der Waals surface area (Å²) in [5.41, 5.74) is 2.36. The molecule has 1 heterocycles. The van der Waals surface area contributed by atoms with E-state index in [4.69, 9.17) is 21.1 Å². The van der Waals surface area contributed by atoms with Crippen molar-refractivity contribution in [2.24, 2.45) is 5.10 Å². The Balaban J connectivity index is 2.14. The highest BCUT2D eigenvalue weighted by atomic mass is 35.5. The minimum absolute atomic E-state index is 0.0753. The first kappa shape index (κ1) is 20.8. The van der Waals surface area contributed by atoms with Crippen LogP contribution in [0.4, 0.5) is 19.0 Å². The fourth-order valence-corrected chi connectivity index (χ4v) is 2.34. The molecule has 0 aliphatic heterocycles. The minimum atomic E-state index is -4.43. The first-order valence-corrected chi connectivity index (χ1v) is 8.53. The van der Waals surface area contributed by atoms with Gasteiger partial charge in [-0.3, -0.25) is 5.43 Å². The highest BCUT2D eigenvalue weighted by Crippen LogP contribution is 2.37. The molecule has 0 saturated heterocycles. The van der Waals surface area contributed by atoms with Crippen LogP contribution in [0, 0.1) is 0 Å². The van der Waals surface area contributed by atoms with E-state index in [-0.39, 0.29) is 11.9 Å². The molecule has 9 heteroatoms. The van der Waals surface area contributed by atoms with Crippen molar-refractivity contribution in [2.45, 2.75) is 33.1 Å². The monoisotopic (exact) mass is 401 g/mol. The van der Waals surface area contributed by atoms with Crippen molar-refractivity contribution in [3.8, 4) is 11.5 Å². The molecular weight excluding hydrogens is 383 g/mol. The van der Waals surface area contributed by atoms with Crippen LogP contribution < -0.4 is 14.9 Å². The van der Waals surface area contributed by atoms with Crippen LogP contribution in [-0.2, 0) is 6.18 Å². The summed E-state index contributed by atoms with van der Waals surface area (Å²) in [6, 6.07) is 5.47. The zero-order chi connectivity index (χ0) is 20.0. The van der Waals surface area contributed by atoms with Gasteiger partial charge in [-0.1, -0.05) is 11.6 Å². The van der Waals surface area contributed by atoms with Crippen molar-refractivity contribution < 1.29 is 22.6 Å². The fourth-order valence-electron chi connectivity index (χ4n) is 2.08. The number of hydrogen-bond acceptors (Lipinski definition) is 5. The van der Waals surface area contributed by atoms with E-state index in [2.05, 4.69) is 15.5 Å². The van der Waals surface area contributed by atoms with E-state index in [1.54, 1.807) is 12.1 Å². The Morgan fingerprint density at radius 1 is 1.30 bits per heavy atom. The van der Waals surface area contributed by atoms with E-state index in [0.717, 1.165) is 12.3 Å². The van der Waals surface area contributed by atoms with Gasteiger partial charge < -0.3 is 9.47 Å². The summed E-state index contributed by atoms with van der Waals surface area (Å²) in [7, 11) is 0. The number of nitrogens with zero attached hydrogens (tertiary/aromatic N) is 2. The van der Waals surface area contributed by atoms with Crippen molar-refractivity contribution in [3.63, 3.8) is 0 Å². The largest absolute Gasteiger partial charge is 0.490 e. The molecule has 0 spiro atoms. The Morgan fingerprint density at radius 2 is 2.04 bits per heavy atom. The summed E-state index contributed by atoms with van der Waals surface area (Å²) in [6.07, 6.45) is -2.32. The molecule has 1 N–H and O–H groups in total. The molecule has 0 aliphatic carbocycles. The van der Waals surface area contributed by atoms with Crippen molar-refractivity contribution in [1.82, 2.24) is 4.98 Å². The average molecular weight is 402 g/mol. The number of hydrazone groups is 1. The third kappa shape index (κ3) is 6.02. The van der Waals surface area contributed by atoms with E-state index in [1.807, 2.05) is 20.8 Å². The van der Waals surface area contributed by atoms with E-state index in [0.29, 0.717) is 28.7 Å². The van der Waals surface area contributed by atoms with E-state index >= 15 is 0 Å². The molecule has 2 aromatic rings. The van der Waals surface area contributed by atoms with Crippen LogP contribution in [0.1, 0.15) is 31.9 Å². The summed E-state index contributed by atoms with van der Waals surface area (Å²) in [6.45, 7) is 6.02. The smallest absolute Gasteiger partial charge is 0.417 e. The quantitative estimate of drug-likeness (QED) is 0.499. The highest BCUT2D eigenvalue weighted by molar-refractivity contribution is 6.32. The predicted molar refractivity (Wildman–Crippen MR) is 98.8 cm³/mol. The summed E-state index contributed by atoms with van der Waals surface area (Å²) < 4.78 is 48.8. The van der Waals surface area contributed by atoms with Crippen LogP contribution in [0.5, 0.6) is 11.5 Å². The second-order valence-electron chi connectivity index (χ2n) is 5.73. The lowest BCUT2D eigenvalue weighted by molar-refractivity contribution is -0.137. The van der Waals surface area contributed by atoms with Gasteiger partial charge in [0.25, 0.3) is 0 Å². The Bertz CT molecular complexity index is 794. The molecule has 0 atom stereocenters. The third-order valence-corrected chi connectivity index (χ3v) is 3.45. The molecule has 0 amide bonds. The second kappa shape index (κ2) is 8.94. The molecule has 0 fully saturated rings. The normalized spacial score (nSPS) is 11.9. The van der Waals surface area contributed by atoms with Crippen LogP contribution in [0.25, 0.3) is 0 Å². The fraction of sp³-hybridized carbons (Fsp3) is 0.333. The number of rotatable bonds is 7. The number of nitrogens with one attached hydrogen (secondary N) is 1. The van der Waals surface area contributed by atoms with E-state index < -0.39 is 11.7 Å². The number of aromatic nitrogens is 1. The summed E-state index contributed by atoms with van der Waals surface area (Å²) in [5.74, 6) is 1.10. The molecule has 0 saturated carbocycles. The predicted octanol–water partition coefficient (Wildman–Crippen LogP) is 5.39. The molecule has 0 aliphatic rings. The molecule has 1 aromatic carbocycles. The topological polar surface area (TPSA) is 55.7 Å². The lowest BCUT2D eigenvalue weighted by Crippen LogP contribution is -2.08. The van der Waals surface area contributed by atoms with Gasteiger partial charge in [0, 0.05) is 6.20 Å². The average Bonchev–Trinajstić information content (AvgIpc) is 2.58. The maximum Gasteiger partial charge on any atom is 0.417 e. The van der Waals surface area contributed by atoms with Crippen LogP contribution in [0.3, 0.4) is 0 Å². The molecule has 1 aromatic heterocycles. The summed E-state index contributed by atoms with van der Waals surface area (Å²) in [4.78, 5) is 3.67. The molecule has 0 radical (unpaired) electrons. The first-order chi connectivity index (χ1) is 12.7. The van der Waals surface area contributed by atoms with Crippen molar-refractivity contribution in [3.05, 3.63) is 46.6 Å². The first-order valence-electron chi connectivity index (χ1n) is 8.16. The SMILES string of the molecule is CCOc1cc(/C=N\Nc2ccc(C(F)(F)F)cn2)cc(Cl)c1OC(C)C. The Hall–Kier alpha value is -2.48. The maximum atomic E-state index is 12.5. The number of anilines is 1. The van der Waals surface area contributed by atoms with Crippen molar-refractivity contribution in [1.29, 1.82) is 0 Å². The van der Waals surface area contributed by atoms with Gasteiger partial charge in [-0.05, 0) is 50.6 Å². The van der Waals surface area contributed by atoms with Crippen molar-refractivity contribution in [2.75, 3.05) is 12.0 Å². The summed E-state index contributed by atoms with van der Waals surface area (Å²) in [5, 5.41) is 4.33. The number of benzene rings is 1. The molecule has 146 valence electrons. The van der Waals surface area contributed by atoms with Crippen LogP contribution in [0.15, 0.2) is 35.6 Å². The van der Waals surface area contributed by atoms with Crippen molar-refractivity contribution >= 4 is 23.6 Å². The van der Waals surface area contributed by atoms with E-state index in [1.165, 1.54) is 12.3 Å². The number of ether oxygens (including phenoxy) is 2. The van der Waals surface area contributed by atoms with Gasteiger partial charge in [-0.2, -0.15) is 18.3 Å². The van der Waals surface area contributed by atoms with Gasteiger partial charge in [0.1, 0.15) is 5.82 Å². The number of hydrogen-bond donors (Lipinski definition) is 1. The maximum absolute atomic E-state index is 12.5. The van der Waals surface area contributed by atoms with Crippen LogP contribution >= 0.6 is 11.6 Å². The zero-order valence-electron chi connectivity index (χ0n) is 15.0. The van der Waals surface area contributed by atoms with E-state index in [9.17, 15) is 13.2 Å². The molecule has 27 heavy (non-hydrogen) atoms. The molecule has 5 nitrogen and oxygen atoms in total. The number of alkyl halides is 3. The Labute approximate surface area is 160 Å². The van der Waals surface area contributed by atoms with Crippen LogP contribution in [0.2, 0.25) is 5.02 Å². The molecule has 0 unspecified atom stereocenters. The Morgan fingerprint density at radius 3 is 2.59 bits per heavy atom. The third-order valence-electron chi connectivity index (χ3n) is 3.17. The lowest BCUT2D eigenvalue weighted by Gasteiger charge is -2.16. The minimum Gasteiger partial charge on any atom is -0.490 e. The van der Waals surface area contributed by atoms with Gasteiger partial charge in [0.05, 0.1) is 29.5 Å². The number of halogens is 4. The van der Waals surface area contributed by atoms with Gasteiger partial charge in [0.15, 0.2) is 11.5 Å². The second-order valence-corrected chi connectivity index (χ2v) is 6.14. The van der Waals surface area contributed by atoms with Gasteiger partial charge in [0.2, 0.25) is 0 Å². The van der Waals surface area contributed by atoms with Gasteiger partial charge >= 0.3 is 6.18 Å². The molecule has 2 rings (SSSR count). The highest BCUT2D eigenvalue weighted by Gasteiger charge is 2.30. The summed E-state index contributed by atoms with van der Waals surface area (Å²) >= 11 is 6.26. The van der Waals surface area contributed by atoms with Crippen LogP contribution in [-0.4, -0.2) is 23.9 Å². The standard InChI is InChI=1S/C18H19ClF3N3O2/c1-4-26-15-8-12(7-14(19)17(15)27-11(2)3)9-24-25-16-6-5-13(10-23-16)18(20,21)22/h5-11H,4H2,1-3H3,(H,23,25)/b24-9-. The number of pyridine rings is 1. The lowest BCUT2D eigenvalue weighted by atomic mass is 10.2. The van der Waals surface area contributed by atoms with Gasteiger partial charge in [-0.25, -0.2) is 4.98 Å². The van der Waals surface area contributed by atoms with Gasteiger partial charge in [-0.15, -0.1) is 0 Å². The molecule has 0 bridgehead atoms. The Kier molecular flexibility index (Phi) is 6.90.